The molecule has 149 heavy (non-hydrogen) atoms. The fourth-order valence-corrected chi connectivity index (χ4v) is 11.5. The van der Waals surface area contributed by atoms with Gasteiger partial charge in [0.05, 0.1) is 73.0 Å². The van der Waals surface area contributed by atoms with Gasteiger partial charge in [0.15, 0.2) is 99.7 Å². The number of ether oxygens (including phenoxy) is 14. The second kappa shape index (κ2) is 58.2. The van der Waals surface area contributed by atoms with Crippen LogP contribution in [0.5, 0.6) is 0 Å². The number of hydrogen-bond donors (Lipinski definition) is 0. The number of imide groups is 7. The average Bonchev–Trinajstić information content (AvgIpc) is 0.784. The Labute approximate surface area is 853 Å². The Morgan fingerprint density at radius 2 is 0.477 bits per heavy atom. The molecule has 7 saturated heterocycles. The van der Waals surface area contributed by atoms with Crippen LogP contribution in [0.1, 0.15) is 289 Å². The molecule has 0 saturated carbocycles. The highest BCUT2D eigenvalue weighted by molar-refractivity contribution is 6.07. The van der Waals surface area contributed by atoms with Gasteiger partial charge in [-0.15, -0.1) is 0 Å². The summed E-state index contributed by atoms with van der Waals surface area (Å²) in [5.74, 6) is -19.5. The molecule has 7 aliphatic rings. The van der Waals surface area contributed by atoms with Crippen LogP contribution in [0.4, 0.5) is 26.3 Å². The second-order valence-electron chi connectivity index (χ2n) is 36.3. The highest BCUT2D eigenvalue weighted by Crippen LogP contribution is 2.44. The maximum absolute atomic E-state index is 12.9. The summed E-state index contributed by atoms with van der Waals surface area (Å²) in [5, 5.41) is 0. The molecular formula is C94H133F6N7O42. The Hall–Kier alpha value is -13.9. The van der Waals surface area contributed by atoms with Gasteiger partial charge in [0, 0.05) is 47.0 Å². The van der Waals surface area contributed by atoms with Crippen LogP contribution < -0.4 is 0 Å². The van der Waals surface area contributed by atoms with Crippen LogP contribution in [0.25, 0.3) is 0 Å². The number of amides is 14. The van der Waals surface area contributed by atoms with E-state index in [9.17, 15) is 161 Å². The summed E-state index contributed by atoms with van der Waals surface area (Å²) in [6.45, 7) is 34.9. The number of alkyl halides is 6. The lowest BCUT2D eigenvalue weighted by molar-refractivity contribution is -0.232. The zero-order valence-corrected chi connectivity index (χ0v) is 88.0. The van der Waals surface area contributed by atoms with E-state index in [0.717, 1.165) is 45.3 Å². The molecule has 7 rings (SSSR count). The first-order valence-corrected chi connectivity index (χ1v) is 47.2. The van der Waals surface area contributed by atoms with Gasteiger partial charge >= 0.3 is 95.9 Å². The van der Waals surface area contributed by atoms with Gasteiger partial charge < -0.3 is 66.3 Å². The summed E-state index contributed by atoms with van der Waals surface area (Å²) in [7, 11) is 0. The van der Waals surface area contributed by atoms with Crippen molar-refractivity contribution in [1.29, 1.82) is 0 Å². The van der Waals surface area contributed by atoms with Gasteiger partial charge in [0.25, 0.3) is 41.4 Å². The van der Waals surface area contributed by atoms with Gasteiger partial charge in [0.1, 0.15) is 0 Å². The van der Waals surface area contributed by atoms with Gasteiger partial charge in [-0.05, 0) is 114 Å². The molecule has 55 heteroatoms. The van der Waals surface area contributed by atoms with E-state index in [0.29, 0.717) is 55.8 Å². The zero-order valence-electron chi connectivity index (χ0n) is 88.0. The largest absolute Gasteiger partial charge is 0.455 e. The summed E-state index contributed by atoms with van der Waals surface area (Å²) in [4.78, 5) is 327. The van der Waals surface area contributed by atoms with Crippen LogP contribution in [0.15, 0.2) is 0 Å². The first-order valence-electron chi connectivity index (χ1n) is 47.2. The molecule has 0 aromatic carbocycles. The summed E-state index contributed by atoms with van der Waals surface area (Å²) >= 11 is 0. The van der Waals surface area contributed by atoms with Crippen LogP contribution in [0, 0.1) is 38.9 Å². The SMILES string of the molecule is CCC(=O)OC1CC(=O)N1C(=O)COC(=O)C(C)(C)CC.CCC(=O)OC1CC(=O)N1C(=O)COC(=O)C(C)(CC)C(F)(F)F.CCC(=O)OC1CC(=O)N1C(=O)COC(=O)C(C)CC.CCC(C)(C(=O)OCC(=O)N1C(=O)CC1OC(C)=O)C(F)(F)F.CCC(C)(C)C(=O)OC(C)C(=O)N1C(=O)CC1OC(C)=O.CCC(C)(C)C(=O)OCC(=O)N1C(=O)CC1OC(C)=O.CCC(C)C(=O)OC(C)C(=O)N1C(=O)CC1OC(C)=O. The van der Waals surface area contributed by atoms with Crippen molar-refractivity contribution in [3.8, 4) is 0 Å². The van der Waals surface area contributed by atoms with E-state index in [1.807, 2.05) is 34.6 Å². The first kappa shape index (κ1) is 133. The van der Waals surface area contributed by atoms with Crippen molar-refractivity contribution < 1.29 is 227 Å². The van der Waals surface area contributed by atoms with Crippen molar-refractivity contribution in [2.24, 2.45) is 38.9 Å². The highest BCUT2D eigenvalue weighted by atomic mass is 19.4. The molecule has 7 heterocycles. The molecule has 0 spiro atoms. The molecule has 838 valence electrons. The summed E-state index contributed by atoms with van der Waals surface area (Å²) < 4.78 is 145. The number of hydrogen-bond acceptors (Lipinski definition) is 42. The maximum Gasteiger partial charge on any atom is 0.404 e. The van der Waals surface area contributed by atoms with Crippen molar-refractivity contribution >= 4 is 166 Å². The zero-order chi connectivity index (χ0) is 116. The molecule has 0 aliphatic carbocycles. The maximum atomic E-state index is 12.9. The predicted octanol–water partition coefficient (Wildman–Crippen LogP) is 6.55. The molecule has 0 bridgehead atoms. The van der Waals surface area contributed by atoms with E-state index in [2.05, 4.69) is 14.2 Å². The lowest BCUT2D eigenvalue weighted by atomic mass is 9.87. The van der Waals surface area contributed by atoms with Gasteiger partial charge in [-0.25, -0.2) is 34.3 Å². The summed E-state index contributed by atoms with van der Waals surface area (Å²) in [6, 6.07) is 0. The number of likely N-dealkylation sites (tertiary alicyclic amines) is 7. The lowest BCUT2D eigenvalue weighted by Crippen LogP contribution is -2.60. The number of β-lactam (4-membered cyclic amide) rings is 7. The van der Waals surface area contributed by atoms with Crippen molar-refractivity contribution in [3.05, 3.63) is 0 Å². The molecule has 0 N–H and O–H groups in total. The quantitative estimate of drug-likeness (QED) is 0.0273. The molecule has 0 aromatic rings. The molecular weight excluding hydrogens is 2010 g/mol. The Morgan fingerprint density at radius 3 is 0.678 bits per heavy atom. The summed E-state index contributed by atoms with van der Waals surface area (Å²) in [5.41, 5.74) is -7.58. The molecule has 13 atom stereocenters. The van der Waals surface area contributed by atoms with Crippen molar-refractivity contribution in [1.82, 2.24) is 34.3 Å². The number of carbonyl (C=O) groups is 28. The van der Waals surface area contributed by atoms with E-state index < -0.39 is 307 Å². The fourth-order valence-electron chi connectivity index (χ4n) is 11.5. The van der Waals surface area contributed by atoms with Gasteiger partial charge in [-0.1, -0.05) is 83.1 Å². The van der Waals surface area contributed by atoms with Crippen molar-refractivity contribution in [2.75, 3.05) is 33.0 Å². The Kier molecular flexibility index (Phi) is 52.0. The van der Waals surface area contributed by atoms with E-state index in [4.69, 9.17) is 52.1 Å². The minimum Gasteiger partial charge on any atom is -0.455 e. The van der Waals surface area contributed by atoms with E-state index in [1.165, 1.54) is 41.5 Å². The Morgan fingerprint density at radius 1 is 0.275 bits per heavy atom. The number of nitrogens with zero attached hydrogens (tertiary/aromatic N) is 7. The summed E-state index contributed by atoms with van der Waals surface area (Å²) in [6.07, 6.45) is -17.0. The van der Waals surface area contributed by atoms with E-state index in [1.54, 1.807) is 69.2 Å². The first-order chi connectivity index (χ1) is 68.6. The molecule has 0 radical (unpaired) electrons. The van der Waals surface area contributed by atoms with Gasteiger partial charge in [-0.3, -0.25) is 134 Å². The van der Waals surface area contributed by atoms with E-state index in [-0.39, 0.29) is 76.0 Å². The predicted molar refractivity (Wildman–Crippen MR) is 484 cm³/mol. The van der Waals surface area contributed by atoms with Crippen LogP contribution in [-0.4, -0.2) is 302 Å². The molecule has 49 nitrogen and oxygen atoms in total. The number of rotatable bonds is 38. The minimum atomic E-state index is -4.84. The van der Waals surface area contributed by atoms with Gasteiger partial charge in [-0.2, -0.15) is 26.3 Å². The third-order valence-electron chi connectivity index (χ3n) is 23.9. The third kappa shape index (κ3) is 38.0. The standard InChI is InChI=1S/C14H18F3NO6.2C14H21NO6.C13H16F3NO6.3C13H19NO6/c1-4-11(21)24-10-6-8(19)18(10)9(20)7-23-12(22)13(3,5-2)14(15,16)17;1-6-14(4,5)13(19)20-8(2)12(18)15-10(17)7-11(15)21-9(3)16;1-5-12(18)21-11-7-9(16)15(11)10(17)8-20-13(19)14(3,4)6-2;1-4-12(3,13(14,15)16)11(21)22-6-9(20)17-8(19)5-10(17)23-7(2)18;1-5-13(3,4)12(18)19-7-10(17)14-9(16)6-11(14)20-8(2)15;1-5-7(2)13(18)19-8(3)12(17)14-10(16)6-11(14)20-9(4)15;1-4-8(3)13(18)19-7-10(16)14-9(15)6-11(14)20-12(17)5-2/h10H,4-7H2,1-3H3;8,11H,6-7H2,1-5H3;11H,5-8H2,1-4H3;10H,4-6H2,1-3H3;11H,5-7H2,1-4H3;7-8,11H,5-6H2,1-4H3;8,11H,4-7H2,1-3H3. The average molecular weight is 2150 g/mol. The Bertz CT molecular complexity index is 4990. The topological polar surface area (TPSA) is 630 Å². The lowest BCUT2D eigenvalue weighted by Gasteiger charge is -2.38. The molecule has 13 unspecified atom stereocenters. The van der Waals surface area contributed by atoms with Crippen molar-refractivity contribution in [2.45, 2.75) is 357 Å². The minimum absolute atomic E-state index is 0.0171. The molecule has 0 aromatic heterocycles. The van der Waals surface area contributed by atoms with Crippen LogP contribution in [0.3, 0.4) is 0 Å². The highest BCUT2D eigenvalue weighted by Gasteiger charge is 2.60. The molecule has 14 amide bonds. The normalized spacial score (nSPS) is 19.4. The van der Waals surface area contributed by atoms with Gasteiger partial charge in [0.2, 0.25) is 41.4 Å². The number of halogens is 6. The monoisotopic (exact) mass is 2150 g/mol. The number of esters is 14. The van der Waals surface area contributed by atoms with E-state index >= 15 is 0 Å². The van der Waals surface area contributed by atoms with Crippen LogP contribution in [-0.2, 0) is 201 Å². The Balaban J connectivity index is 0.000000870. The second-order valence-corrected chi connectivity index (χ2v) is 36.3. The molecule has 7 fully saturated rings. The third-order valence-corrected chi connectivity index (χ3v) is 23.9. The van der Waals surface area contributed by atoms with Crippen LogP contribution in [0.2, 0.25) is 0 Å². The molecule has 7 aliphatic heterocycles. The van der Waals surface area contributed by atoms with Crippen LogP contribution >= 0.6 is 0 Å². The smallest absolute Gasteiger partial charge is 0.404 e. The fraction of sp³-hybridized carbons (Fsp3) is 0.702. The van der Waals surface area contributed by atoms with Crippen molar-refractivity contribution in [3.63, 3.8) is 0 Å². The number of carbonyl (C=O) groups excluding carboxylic acids is 28.